The summed E-state index contributed by atoms with van der Waals surface area (Å²) in [6.45, 7) is 8.91. The van der Waals surface area contributed by atoms with Crippen LogP contribution in [-0.2, 0) is 9.47 Å². The summed E-state index contributed by atoms with van der Waals surface area (Å²) in [6.07, 6.45) is 0. The predicted octanol–water partition coefficient (Wildman–Crippen LogP) is 3.61. The van der Waals surface area contributed by atoms with Gasteiger partial charge in [0.15, 0.2) is 5.11 Å². The number of amides is 2. The summed E-state index contributed by atoms with van der Waals surface area (Å²) in [5, 5.41) is 6.76. The van der Waals surface area contributed by atoms with E-state index in [0.29, 0.717) is 66.1 Å². The lowest BCUT2D eigenvalue weighted by Gasteiger charge is -2.26. The lowest BCUT2D eigenvalue weighted by molar-refractivity contribution is 0.0303. The molecule has 1 aliphatic heterocycles. The topological polar surface area (TPSA) is 100 Å². The Labute approximate surface area is 214 Å². The highest BCUT2D eigenvalue weighted by Gasteiger charge is 2.27. The molecule has 2 aromatic rings. The van der Waals surface area contributed by atoms with Crippen molar-refractivity contribution in [1.82, 2.24) is 9.80 Å². The van der Waals surface area contributed by atoms with E-state index in [4.69, 9.17) is 21.7 Å². The molecule has 1 saturated heterocycles. The Bertz CT molecular complexity index is 1090. The molecule has 0 aliphatic carbocycles. The molecule has 1 aliphatic rings. The van der Waals surface area contributed by atoms with Crippen molar-refractivity contribution in [2.75, 3.05) is 57.1 Å². The van der Waals surface area contributed by atoms with Crippen LogP contribution in [0.1, 0.15) is 49.8 Å². The molecule has 2 amide bonds. The number of esters is 1. The van der Waals surface area contributed by atoms with E-state index < -0.39 is 5.97 Å². The van der Waals surface area contributed by atoms with Crippen LogP contribution in [0, 0.1) is 6.92 Å². The van der Waals surface area contributed by atoms with Gasteiger partial charge in [-0.1, -0.05) is 0 Å². The second-order valence-corrected chi connectivity index (χ2v) is 9.22. The zero-order valence-corrected chi connectivity index (χ0v) is 21.9. The van der Waals surface area contributed by atoms with Crippen LogP contribution in [0.5, 0.6) is 0 Å². The third-order valence-electron chi connectivity index (χ3n) is 5.70. The monoisotopic (exact) mass is 518 g/mol. The summed E-state index contributed by atoms with van der Waals surface area (Å²) in [5.41, 5.74) is 2.09. The van der Waals surface area contributed by atoms with Crippen LogP contribution in [0.4, 0.5) is 10.7 Å². The fourth-order valence-corrected chi connectivity index (χ4v) is 5.17. The van der Waals surface area contributed by atoms with E-state index in [9.17, 15) is 14.4 Å². The first-order chi connectivity index (χ1) is 16.8. The van der Waals surface area contributed by atoms with Gasteiger partial charge in [-0.25, -0.2) is 4.79 Å². The minimum atomic E-state index is -0.548. The Morgan fingerprint density at radius 3 is 2.31 bits per heavy atom. The van der Waals surface area contributed by atoms with Crippen LogP contribution < -0.4 is 10.6 Å². The lowest BCUT2D eigenvalue weighted by Crippen LogP contribution is -2.40. The molecule has 1 fully saturated rings. The number of thiophene rings is 1. The molecule has 0 saturated carbocycles. The lowest BCUT2D eigenvalue weighted by atomic mass is 10.1. The highest BCUT2D eigenvalue weighted by molar-refractivity contribution is 7.80. The minimum absolute atomic E-state index is 0.0391. The number of ether oxygens (including phenoxy) is 2. The number of carbonyl (C=O) groups excluding carboxylic acids is 3. The van der Waals surface area contributed by atoms with Crippen LogP contribution in [0.25, 0.3) is 0 Å². The van der Waals surface area contributed by atoms with Crippen LogP contribution >= 0.6 is 23.6 Å². The maximum absolute atomic E-state index is 13.0. The van der Waals surface area contributed by atoms with Gasteiger partial charge in [-0.3, -0.25) is 9.59 Å². The summed E-state index contributed by atoms with van der Waals surface area (Å²) in [5.74, 6) is -0.730. The molecule has 35 heavy (non-hydrogen) atoms. The third-order valence-corrected chi connectivity index (χ3v) is 7.10. The van der Waals surface area contributed by atoms with Crippen LogP contribution in [0.3, 0.4) is 0 Å². The summed E-state index contributed by atoms with van der Waals surface area (Å²) >= 11 is 6.62. The van der Waals surface area contributed by atoms with E-state index in [0.717, 1.165) is 0 Å². The van der Waals surface area contributed by atoms with Crippen molar-refractivity contribution in [3.05, 3.63) is 45.8 Å². The molecule has 1 aromatic carbocycles. The quantitative estimate of drug-likeness (QED) is 0.424. The molecular formula is C24H30N4O5S2. The maximum atomic E-state index is 13.0. The van der Waals surface area contributed by atoms with Crippen molar-refractivity contribution < 1.29 is 23.9 Å². The number of benzene rings is 1. The second kappa shape index (κ2) is 12.1. The third kappa shape index (κ3) is 6.16. The Morgan fingerprint density at radius 2 is 1.74 bits per heavy atom. The number of nitrogens with zero attached hydrogens (tertiary/aromatic N) is 2. The second-order valence-electron chi connectivity index (χ2n) is 7.79. The number of anilines is 2. The average Bonchev–Trinajstić information content (AvgIpc) is 3.20. The molecule has 1 aromatic heterocycles. The number of methoxy groups -OCH3 is 1. The van der Waals surface area contributed by atoms with Gasteiger partial charge in [0.1, 0.15) is 5.00 Å². The molecule has 0 atom stereocenters. The normalized spacial score (nSPS) is 13.2. The summed E-state index contributed by atoms with van der Waals surface area (Å²) in [7, 11) is 1.30. The molecule has 0 unspecified atom stereocenters. The van der Waals surface area contributed by atoms with E-state index in [2.05, 4.69) is 10.6 Å². The van der Waals surface area contributed by atoms with Gasteiger partial charge in [0.25, 0.3) is 11.8 Å². The number of morpholine rings is 1. The van der Waals surface area contributed by atoms with Crippen molar-refractivity contribution in [2.24, 2.45) is 0 Å². The average molecular weight is 519 g/mol. The first-order valence-corrected chi connectivity index (χ1v) is 12.6. The number of rotatable bonds is 7. The van der Waals surface area contributed by atoms with Crippen LogP contribution in [0.2, 0.25) is 0 Å². The fraction of sp³-hybridized carbons (Fsp3) is 0.417. The highest BCUT2D eigenvalue weighted by atomic mass is 32.1. The smallest absolute Gasteiger partial charge is 0.341 e. The Kier molecular flexibility index (Phi) is 9.19. The fourth-order valence-electron chi connectivity index (χ4n) is 3.72. The molecule has 0 spiro atoms. The predicted molar refractivity (Wildman–Crippen MR) is 141 cm³/mol. The molecule has 9 nitrogen and oxygen atoms in total. The Balaban J connectivity index is 1.74. The van der Waals surface area contributed by atoms with Gasteiger partial charge < -0.3 is 29.9 Å². The molecule has 2 N–H and O–H groups in total. The standard InChI is InChI=1S/C24H30N4O5S2/c1-5-27(6-2)22(30)19-15(3)18(23(31)32-4)20(35-19)26-24(34)25-17-9-7-16(8-10-17)21(29)28-11-13-33-14-12-28/h7-10H,5-6,11-14H2,1-4H3,(H2,25,26,34). The summed E-state index contributed by atoms with van der Waals surface area (Å²) in [4.78, 5) is 42.0. The van der Waals surface area contributed by atoms with E-state index in [-0.39, 0.29) is 22.5 Å². The molecule has 2 heterocycles. The van der Waals surface area contributed by atoms with Crippen molar-refractivity contribution in [2.45, 2.75) is 20.8 Å². The van der Waals surface area contributed by atoms with Crippen LogP contribution in [0.15, 0.2) is 24.3 Å². The molecule has 11 heteroatoms. The molecule has 0 radical (unpaired) electrons. The first kappa shape index (κ1) is 26.6. The summed E-state index contributed by atoms with van der Waals surface area (Å²) < 4.78 is 10.2. The zero-order chi connectivity index (χ0) is 25.5. The zero-order valence-electron chi connectivity index (χ0n) is 20.3. The van der Waals surface area contributed by atoms with Crippen molar-refractivity contribution in [3.8, 4) is 0 Å². The number of thiocarbonyl (C=S) groups is 1. The molecular weight excluding hydrogens is 488 g/mol. The molecule has 188 valence electrons. The van der Waals surface area contributed by atoms with Gasteiger partial charge in [0, 0.05) is 37.4 Å². The number of hydrogen-bond acceptors (Lipinski definition) is 7. The van der Waals surface area contributed by atoms with Gasteiger partial charge in [0.05, 0.1) is 30.8 Å². The van der Waals surface area contributed by atoms with Gasteiger partial charge in [-0.05, 0) is 62.8 Å². The van der Waals surface area contributed by atoms with Gasteiger partial charge in [-0.15, -0.1) is 11.3 Å². The van der Waals surface area contributed by atoms with Crippen molar-refractivity contribution >= 4 is 57.1 Å². The van der Waals surface area contributed by atoms with Crippen molar-refractivity contribution in [1.29, 1.82) is 0 Å². The Morgan fingerprint density at radius 1 is 1.11 bits per heavy atom. The number of carbonyl (C=O) groups is 3. The minimum Gasteiger partial charge on any atom is -0.465 e. The number of hydrogen-bond donors (Lipinski definition) is 2. The van der Waals surface area contributed by atoms with E-state index >= 15 is 0 Å². The first-order valence-electron chi connectivity index (χ1n) is 11.4. The SMILES string of the molecule is CCN(CC)C(=O)c1sc(NC(=S)Nc2ccc(C(=O)N3CCOCC3)cc2)c(C(=O)OC)c1C. The van der Waals surface area contributed by atoms with Crippen LogP contribution in [-0.4, -0.2) is 79.2 Å². The summed E-state index contributed by atoms with van der Waals surface area (Å²) in [6, 6.07) is 6.99. The Hall–Kier alpha value is -3.02. The number of nitrogens with one attached hydrogen (secondary N) is 2. The highest BCUT2D eigenvalue weighted by Crippen LogP contribution is 2.34. The largest absolute Gasteiger partial charge is 0.465 e. The van der Waals surface area contributed by atoms with Gasteiger partial charge in [0.2, 0.25) is 0 Å². The van der Waals surface area contributed by atoms with E-state index in [1.807, 2.05) is 13.8 Å². The molecule has 0 bridgehead atoms. The van der Waals surface area contributed by atoms with Crippen molar-refractivity contribution in [3.63, 3.8) is 0 Å². The van der Waals surface area contributed by atoms with Gasteiger partial charge >= 0.3 is 5.97 Å². The maximum Gasteiger partial charge on any atom is 0.341 e. The van der Waals surface area contributed by atoms with Gasteiger partial charge in [-0.2, -0.15) is 0 Å². The van der Waals surface area contributed by atoms with E-state index in [1.54, 1.807) is 41.0 Å². The molecule has 3 rings (SSSR count). The van der Waals surface area contributed by atoms with E-state index in [1.165, 1.54) is 18.4 Å².